The van der Waals surface area contributed by atoms with E-state index in [1.807, 2.05) is 0 Å². The van der Waals surface area contributed by atoms with E-state index < -0.39 is 28.5 Å². The van der Waals surface area contributed by atoms with E-state index in [1.165, 1.54) is 4.90 Å². The lowest BCUT2D eigenvalue weighted by Gasteiger charge is -2.27. The Balaban J connectivity index is 1.84. The monoisotopic (exact) mass is 304 g/mol. The molecule has 2 bridgehead atoms. The highest BCUT2D eigenvalue weighted by molar-refractivity contribution is 7.80. The van der Waals surface area contributed by atoms with Gasteiger partial charge >= 0.3 is 16.4 Å². The van der Waals surface area contributed by atoms with E-state index in [9.17, 15) is 13.2 Å². The molecule has 10 nitrogen and oxygen atoms in total. The van der Waals surface area contributed by atoms with Gasteiger partial charge in [-0.15, -0.1) is 14.5 Å². The average Bonchev–Trinajstić information content (AvgIpc) is 2.88. The van der Waals surface area contributed by atoms with Gasteiger partial charge in [0.1, 0.15) is 6.04 Å². The van der Waals surface area contributed by atoms with E-state index in [4.69, 9.17) is 8.97 Å². The van der Waals surface area contributed by atoms with Crippen LogP contribution in [0.15, 0.2) is 4.42 Å². The van der Waals surface area contributed by atoms with Gasteiger partial charge < -0.3 is 9.32 Å². The number of piperidine rings is 1. The Hall–Kier alpha value is -1.72. The van der Waals surface area contributed by atoms with Gasteiger partial charge in [0.05, 0.1) is 6.04 Å². The second-order valence-corrected chi connectivity index (χ2v) is 5.67. The molecule has 0 saturated carbocycles. The SMILES string of the molecule is Cc1nnc([C@H]2CC[C@@H]3CN2C(=O)N3OS(=O)(=O)O)o1. The third-order valence-corrected chi connectivity index (χ3v) is 3.67. The number of hydroxylamine groups is 2. The number of amides is 2. The number of carbonyl (C=O) groups excluding carboxylic acids is 1. The van der Waals surface area contributed by atoms with Crippen molar-refractivity contribution in [2.24, 2.45) is 0 Å². The van der Waals surface area contributed by atoms with Crippen LogP contribution in [0.2, 0.25) is 0 Å². The molecule has 2 saturated heterocycles. The molecule has 2 atom stereocenters. The highest BCUT2D eigenvalue weighted by Gasteiger charge is 2.49. The first-order chi connectivity index (χ1) is 9.35. The Bertz CT molecular complexity index is 643. The van der Waals surface area contributed by atoms with Crippen LogP contribution in [0.25, 0.3) is 0 Å². The summed E-state index contributed by atoms with van der Waals surface area (Å²) >= 11 is 0. The first-order valence-corrected chi connectivity index (χ1v) is 7.28. The normalized spacial score (nSPS) is 26.4. The molecule has 0 unspecified atom stereocenters. The standard InChI is InChI=1S/C9H12N4O6S/c1-5-10-11-8(18-5)7-3-2-6-4-12(7)9(14)13(6)19-20(15,16)17/h6-7H,2-4H2,1H3,(H,15,16,17)/t6-,7-/m1/s1. The molecular weight excluding hydrogens is 292 g/mol. The van der Waals surface area contributed by atoms with E-state index in [0.717, 1.165) is 0 Å². The van der Waals surface area contributed by atoms with Crippen molar-refractivity contribution >= 4 is 16.4 Å². The number of urea groups is 1. The first kappa shape index (κ1) is 13.3. The fourth-order valence-electron chi connectivity index (χ4n) is 2.53. The zero-order valence-electron chi connectivity index (χ0n) is 10.5. The number of carbonyl (C=O) groups is 1. The van der Waals surface area contributed by atoms with Crippen molar-refractivity contribution in [2.75, 3.05) is 6.54 Å². The van der Waals surface area contributed by atoms with Crippen molar-refractivity contribution in [3.8, 4) is 0 Å². The number of fused-ring (bicyclic) bond motifs is 2. The van der Waals surface area contributed by atoms with Gasteiger partial charge in [0.15, 0.2) is 0 Å². The number of hydrogen-bond donors (Lipinski definition) is 1. The summed E-state index contributed by atoms with van der Waals surface area (Å²) in [7, 11) is -4.73. The van der Waals surface area contributed by atoms with Gasteiger partial charge in [0, 0.05) is 13.5 Å². The summed E-state index contributed by atoms with van der Waals surface area (Å²) in [6, 6.07) is -1.48. The number of nitrogens with zero attached hydrogens (tertiary/aromatic N) is 4. The van der Waals surface area contributed by atoms with E-state index >= 15 is 0 Å². The number of hydrogen-bond acceptors (Lipinski definition) is 7. The van der Waals surface area contributed by atoms with Crippen molar-refractivity contribution < 1.29 is 26.5 Å². The summed E-state index contributed by atoms with van der Waals surface area (Å²) in [5, 5.41) is 8.27. The highest BCUT2D eigenvalue weighted by atomic mass is 32.3. The van der Waals surface area contributed by atoms with Crippen LogP contribution in [0.4, 0.5) is 4.79 Å². The van der Waals surface area contributed by atoms with Crippen molar-refractivity contribution in [1.82, 2.24) is 20.2 Å². The topological polar surface area (TPSA) is 126 Å². The molecule has 0 radical (unpaired) electrons. The molecule has 2 aliphatic heterocycles. The smallest absolute Gasteiger partial charge is 0.418 e. The van der Waals surface area contributed by atoms with Crippen LogP contribution in [0.5, 0.6) is 0 Å². The highest BCUT2D eigenvalue weighted by Crippen LogP contribution is 2.38. The van der Waals surface area contributed by atoms with Gasteiger partial charge in [0.25, 0.3) is 0 Å². The van der Waals surface area contributed by atoms with Crippen LogP contribution in [-0.2, 0) is 14.7 Å². The summed E-state index contributed by atoms with van der Waals surface area (Å²) in [6.07, 6.45) is 1.05. The minimum Gasteiger partial charge on any atom is -0.423 e. The molecule has 1 N–H and O–H groups in total. The maximum atomic E-state index is 12.1. The van der Waals surface area contributed by atoms with E-state index in [-0.39, 0.29) is 6.54 Å². The number of aromatic nitrogens is 2. The second kappa shape index (κ2) is 4.40. The molecule has 110 valence electrons. The van der Waals surface area contributed by atoms with E-state index in [1.54, 1.807) is 6.92 Å². The van der Waals surface area contributed by atoms with Gasteiger partial charge in [-0.05, 0) is 12.8 Å². The predicted octanol–water partition coefficient (Wildman–Crippen LogP) is 0.0535. The van der Waals surface area contributed by atoms with Crippen LogP contribution in [-0.4, -0.2) is 51.7 Å². The molecule has 1 aromatic heterocycles. The molecule has 0 aliphatic carbocycles. The maximum Gasteiger partial charge on any atom is 0.418 e. The molecule has 2 amide bonds. The minimum absolute atomic E-state index is 0.278. The van der Waals surface area contributed by atoms with Crippen molar-refractivity contribution in [3.63, 3.8) is 0 Å². The molecular formula is C9H12N4O6S. The number of rotatable bonds is 3. The summed E-state index contributed by atoms with van der Waals surface area (Å²) < 4.78 is 39.8. The quantitative estimate of drug-likeness (QED) is 0.776. The predicted molar refractivity (Wildman–Crippen MR) is 61.4 cm³/mol. The first-order valence-electron chi connectivity index (χ1n) is 5.92. The molecule has 2 aliphatic rings. The van der Waals surface area contributed by atoms with E-state index in [2.05, 4.69) is 14.5 Å². The molecule has 0 aromatic carbocycles. The lowest BCUT2D eigenvalue weighted by atomic mass is 10.0. The fourth-order valence-corrected chi connectivity index (χ4v) is 2.92. The van der Waals surface area contributed by atoms with Crippen LogP contribution in [0, 0.1) is 6.92 Å². The molecule has 11 heteroatoms. The van der Waals surface area contributed by atoms with Crippen LogP contribution >= 0.6 is 0 Å². The molecule has 1 aromatic rings. The van der Waals surface area contributed by atoms with Crippen LogP contribution < -0.4 is 0 Å². The molecule has 3 heterocycles. The Labute approximate surface area is 114 Å². The third kappa shape index (κ3) is 2.23. The Kier molecular flexibility index (Phi) is 2.92. The number of aryl methyl sites for hydroxylation is 1. The lowest BCUT2D eigenvalue weighted by molar-refractivity contribution is -0.0317. The van der Waals surface area contributed by atoms with Gasteiger partial charge in [-0.3, -0.25) is 4.55 Å². The van der Waals surface area contributed by atoms with Gasteiger partial charge in [-0.1, -0.05) is 0 Å². The van der Waals surface area contributed by atoms with Crippen molar-refractivity contribution in [3.05, 3.63) is 11.8 Å². The summed E-state index contributed by atoms with van der Waals surface area (Å²) in [5.74, 6) is 0.697. The van der Waals surface area contributed by atoms with Crippen LogP contribution in [0.3, 0.4) is 0 Å². The molecule has 3 rings (SSSR count). The zero-order chi connectivity index (χ0) is 14.5. The fraction of sp³-hybridized carbons (Fsp3) is 0.667. The maximum absolute atomic E-state index is 12.1. The Morgan fingerprint density at radius 3 is 2.75 bits per heavy atom. The lowest BCUT2D eigenvalue weighted by Crippen LogP contribution is -2.35. The zero-order valence-corrected chi connectivity index (χ0v) is 11.3. The van der Waals surface area contributed by atoms with Gasteiger partial charge in [-0.25, -0.2) is 4.79 Å². The molecule has 20 heavy (non-hydrogen) atoms. The summed E-state index contributed by atoms with van der Waals surface area (Å²) in [6.45, 7) is 1.92. The Morgan fingerprint density at radius 2 is 2.15 bits per heavy atom. The van der Waals surface area contributed by atoms with Crippen LogP contribution in [0.1, 0.15) is 30.7 Å². The summed E-state index contributed by atoms with van der Waals surface area (Å²) in [5.41, 5.74) is 0. The average molecular weight is 304 g/mol. The Morgan fingerprint density at radius 1 is 1.40 bits per heavy atom. The summed E-state index contributed by atoms with van der Waals surface area (Å²) in [4.78, 5) is 13.5. The van der Waals surface area contributed by atoms with Gasteiger partial charge in [0.2, 0.25) is 11.8 Å². The molecule has 0 spiro atoms. The van der Waals surface area contributed by atoms with Gasteiger partial charge in [-0.2, -0.15) is 13.5 Å². The minimum atomic E-state index is -4.73. The largest absolute Gasteiger partial charge is 0.423 e. The van der Waals surface area contributed by atoms with Crippen molar-refractivity contribution in [2.45, 2.75) is 31.8 Å². The van der Waals surface area contributed by atoms with Crippen molar-refractivity contribution in [1.29, 1.82) is 0 Å². The third-order valence-electron chi connectivity index (χ3n) is 3.32. The molecule has 2 fully saturated rings. The second-order valence-electron chi connectivity index (χ2n) is 4.67. The van der Waals surface area contributed by atoms with E-state index in [0.29, 0.717) is 29.7 Å².